The maximum Gasteiger partial charge on any atom is 0.0476 e. The zero-order valence-electron chi connectivity index (χ0n) is 12.8. The number of hydrogen-bond acceptors (Lipinski definition) is 3. The fourth-order valence-corrected chi connectivity index (χ4v) is 2.10. The van der Waals surface area contributed by atoms with E-state index in [9.17, 15) is 0 Å². The SMILES string of the molecule is CCN(CC)c1ccc(CNC(C)CCOC)cc1. The first kappa shape index (κ1) is 16.0. The van der Waals surface area contributed by atoms with Crippen molar-refractivity contribution in [1.82, 2.24) is 5.32 Å². The lowest BCUT2D eigenvalue weighted by Crippen LogP contribution is -2.26. The van der Waals surface area contributed by atoms with Crippen molar-refractivity contribution in [2.75, 3.05) is 31.7 Å². The quantitative estimate of drug-likeness (QED) is 0.742. The van der Waals surface area contributed by atoms with Crippen molar-refractivity contribution in [2.24, 2.45) is 0 Å². The highest BCUT2D eigenvalue weighted by molar-refractivity contribution is 5.47. The zero-order valence-corrected chi connectivity index (χ0v) is 12.8. The minimum absolute atomic E-state index is 0.488. The molecule has 1 rings (SSSR count). The van der Waals surface area contributed by atoms with Crippen LogP contribution in [0, 0.1) is 0 Å². The lowest BCUT2D eigenvalue weighted by Gasteiger charge is -2.21. The lowest BCUT2D eigenvalue weighted by atomic mass is 10.1. The van der Waals surface area contributed by atoms with E-state index in [0.717, 1.165) is 32.7 Å². The van der Waals surface area contributed by atoms with Crippen LogP contribution in [-0.4, -0.2) is 32.8 Å². The van der Waals surface area contributed by atoms with Gasteiger partial charge in [-0.25, -0.2) is 0 Å². The molecule has 0 saturated heterocycles. The highest BCUT2D eigenvalue weighted by atomic mass is 16.5. The first-order chi connectivity index (χ1) is 9.21. The van der Waals surface area contributed by atoms with Gasteiger partial charge >= 0.3 is 0 Å². The van der Waals surface area contributed by atoms with Gasteiger partial charge in [-0.2, -0.15) is 0 Å². The molecule has 0 aliphatic carbocycles. The Morgan fingerprint density at radius 3 is 2.32 bits per heavy atom. The van der Waals surface area contributed by atoms with E-state index in [1.807, 2.05) is 0 Å². The molecule has 0 saturated carbocycles. The molecule has 0 amide bonds. The molecule has 1 unspecified atom stereocenters. The summed E-state index contributed by atoms with van der Waals surface area (Å²) in [5, 5.41) is 3.52. The maximum absolute atomic E-state index is 5.09. The average Bonchev–Trinajstić information content (AvgIpc) is 2.45. The summed E-state index contributed by atoms with van der Waals surface area (Å²) in [7, 11) is 1.75. The molecular weight excluding hydrogens is 236 g/mol. The molecule has 1 N–H and O–H groups in total. The van der Waals surface area contributed by atoms with Gasteiger partial charge in [-0.05, 0) is 44.9 Å². The van der Waals surface area contributed by atoms with Crippen LogP contribution in [0.3, 0.4) is 0 Å². The van der Waals surface area contributed by atoms with Crippen LogP contribution < -0.4 is 10.2 Å². The molecule has 0 aromatic heterocycles. The third-order valence-corrected chi connectivity index (χ3v) is 3.47. The Morgan fingerprint density at radius 1 is 1.16 bits per heavy atom. The second-order valence-electron chi connectivity index (χ2n) is 4.90. The molecule has 0 heterocycles. The number of hydrogen-bond donors (Lipinski definition) is 1. The number of rotatable bonds is 9. The second-order valence-corrected chi connectivity index (χ2v) is 4.90. The summed E-state index contributed by atoms with van der Waals surface area (Å²) in [4.78, 5) is 2.36. The highest BCUT2D eigenvalue weighted by Gasteiger charge is 2.03. The highest BCUT2D eigenvalue weighted by Crippen LogP contribution is 2.14. The first-order valence-corrected chi connectivity index (χ1v) is 7.27. The third-order valence-electron chi connectivity index (χ3n) is 3.47. The predicted octanol–water partition coefficient (Wildman–Crippen LogP) is 3.05. The lowest BCUT2D eigenvalue weighted by molar-refractivity contribution is 0.184. The number of anilines is 1. The Kier molecular flexibility index (Phi) is 7.53. The van der Waals surface area contributed by atoms with Crippen LogP contribution in [-0.2, 0) is 11.3 Å². The molecule has 0 aliphatic rings. The number of nitrogens with zero attached hydrogens (tertiary/aromatic N) is 1. The molecule has 3 nitrogen and oxygen atoms in total. The number of methoxy groups -OCH3 is 1. The second kappa shape index (κ2) is 8.94. The molecule has 0 aliphatic heterocycles. The van der Waals surface area contributed by atoms with Crippen molar-refractivity contribution in [3.05, 3.63) is 29.8 Å². The minimum Gasteiger partial charge on any atom is -0.385 e. The number of benzene rings is 1. The van der Waals surface area contributed by atoms with E-state index in [0.29, 0.717) is 6.04 Å². The van der Waals surface area contributed by atoms with Crippen molar-refractivity contribution in [1.29, 1.82) is 0 Å². The Morgan fingerprint density at radius 2 is 1.79 bits per heavy atom. The van der Waals surface area contributed by atoms with E-state index in [1.54, 1.807) is 7.11 Å². The third kappa shape index (κ3) is 5.62. The summed E-state index contributed by atoms with van der Waals surface area (Å²) in [6.07, 6.45) is 1.05. The largest absolute Gasteiger partial charge is 0.385 e. The molecule has 1 aromatic carbocycles. The van der Waals surface area contributed by atoms with Crippen LogP contribution in [0.2, 0.25) is 0 Å². The van der Waals surface area contributed by atoms with Gasteiger partial charge in [0.2, 0.25) is 0 Å². The van der Waals surface area contributed by atoms with Crippen LogP contribution >= 0.6 is 0 Å². The summed E-state index contributed by atoms with van der Waals surface area (Å²) < 4.78 is 5.09. The van der Waals surface area contributed by atoms with E-state index < -0.39 is 0 Å². The van der Waals surface area contributed by atoms with Gasteiger partial charge in [-0.1, -0.05) is 12.1 Å². The van der Waals surface area contributed by atoms with Gasteiger partial charge in [0.25, 0.3) is 0 Å². The molecule has 0 spiro atoms. The molecular formula is C16H28N2O. The smallest absolute Gasteiger partial charge is 0.0476 e. The molecule has 0 bridgehead atoms. The van der Waals surface area contributed by atoms with Crippen molar-refractivity contribution >= 4 is 5.69 Å². The fraction of sp³-hybridized carbons (Fsp3) is 0.625. The Bertz CT molecular complexity index is 333. The van der Waals surface area contributed by atoms with Gasteiger partial charge in [0.1, 0.15) is 0 Å². The molecule has 1 aromatic rings. The summed E-state index contributed by atoms with van der Waals surface area (Å²) in [5.41, 5.74) is 2.64. The number of nitrogens with one attached hydrogen (secondary N) is 1. The minimum atomic E-state index is 0.488. The monoisotopic (exact) mass is 264 g/mol. The standard InChI is InChI=1S/C16H28N2O/c1-5-18(6-2)16-9-7-15(8-10-16)13-17-14(3)11-12-19-4/h7-10,14,17H,5-6,11-13H2,1-4H3. The van der Waals surface area contributed by atoms with Crippen LogP contribution in [0.15, 0.2) is 24.3 Å². The molecule has 3 heteroatoms. The number of ether oxygens (including phenoxy) is 1. The molecule has 0 fully saturated rings. The molecule has 108 valence electrons. The van der Waals surface area contributed by atoms with Crippen molar-refractivity contribution < 1.29 is 4.74 Å². The van der Waals surface area contributed by atoms with E-state index in [-0.39, 0.29) is 0 Å². The van der Waals surface area contributed by atoms with Gasteiger partial charge in [0.05, 0.1) is 0 Å². The summed E-state index contributed by atoms with van der Waals surface area (Å²) in [6.45, 7) is 10.4. The maximum atomic E-state index is 5.09. The van der Waals surface area contributed by atoms with Crippen LogP contribution in [0.5, 0.6) is 0 Å². The normalized spacial score (nSPS) is 12.4. The first-order valence-electron chi connectivity index (χ1n) is 7.27. The topological polar surface area (TPSA) is 24.5 Å². The van der Waals surface area contributed by atoms with Crippen molar-refractivity contribution in [2.45, 2.75) is 39.8 Å². The molecule has 1 atom stereocenters. The summed E-state index contributed by atoms with van der Waals surface area (Å²) in [6, 6.07) is 9.34. The van der Waals surface area contributed by atoms with Crippen molar-refractivity contribution in [3.8, 4) is 0 Å². The Hall–Kier alpha value is -1.06. The summed E-state index contributed by atoms with van der Waals surface area (Å²) in [5.74, 6) is 0. The van der Waals surface area contributed by atoms with E-state index in [4.69, 9.17) is 4.74 Å². The van der Waals surface area contributed by atoms with Gasteiger partial charge in [0.15, 0.2) is 0 Å². The van der Waals surface area contributed by atoms with Gasteiger partial charge in [0, 0.05) is 45.1 Å². The van der Waals surface area contributed by atoms with Gasteiger partial charge < -0.3 is 15.0 Å². The zero-order chi connectivity index (χ0) is 14.1. The Balaban J connectivity index is 2.43. The van der Waals surface area contributed by atoms with Crippen LogP contribution in [0.4, 0.5) is 5.69 Å². The average molecular weight is 264 g/mol. The van der Waals surface area contributed by atoms with E-state index in [1.165, 1.54) is 11.3 Å². The predicted molar refractivity (Wildman–Crippen MR) is 82.8 cm³/mol. The molecule has 19 heavy (non-hydrogen) atoms. The van der Waals surface area contributed by atoms with Gasteiger partial charge in [-0.15, -0.1) is 0 Å². The fourth-order valence-electron chi connectivity index (χ4n) is 2.10. The van der Waals surface area contributed by atoms with E-state index in [2.05, 4.69) is 55.3 Å². The Labute approximate surface area is 118 Å². The molecule has 0 radical (unpaired) electrons. The van der Waals surface area contributed by atoms with E-state index >= 15 is 0 Å². The summed E-state index contributed by atoms with van der Waals surface area (Å²) >= 11 is 0. The van der Waals surface area contributed by atoms with Crippen molar-refractivity contribution in [3.63, 3.8) is 0 Å². The van der Waals surface area contributed by atoms with Gasteiger partial charge in [-0.3, -0.25) is 0 Å². The van der Waals surface area contributed by atoms with Crippen LogP contribution in [0.1, 0.15) is 32.8 Å². The van der Waals surface area contributed by atoms with Crippen LogP contribution in [0.25, 0.3) is 0 Å².